The topological polar surface area (TPSA) is 31.2 Å². The van der Waals surface area contributed by atoms with Crippen LogP contribution in [-0.4, -0.2) is 17.6 Å². The third-order valence-corrected chi connectivity index (χ3v) is 4.57. The minimum absolute atomic E-state index is 0.0711. The van der Waals surface area contributed by atoms with E-state index < -0.39 is 0 Å². The number of hydrogen-bond donors (Lipinski definition) is 0. The highest BCUT2D eigenvalue weighted by Crippen LogP contribution is 2.31. The Hall–Kier alpha value is -1.84. The van der Waals surface area contributed by atoms with E-state index in [9.17, 15) is 9.18 Å². The lowest BCUT2D eigenvalue weighted by atomic mass is 9.82. The molecule has 1 aromatic heterocycles. The molecular weight excluding hydrogens is 269 g/mol. The van der Waals surface area contributed by atoms with Crippen LogP contribution < -0.4 is 0 Å². The number of methoxy groups -OCH3 is 1. The molecule has 1 fully saturated rings. The number of rotatable bonds is 3. The van der Waals surface area contributed by atoms with Crippen LogP contribution in [0.2, 0.25) is 0 Å². The molecule has 112 valence electrons. The Balaban J connectivity index is 1.66. The van der Waals surface area contributed by atoms with Gasteiger partial charge in [0, 0.05) is 23.6 Å². The van der Waals surface area contributed by atoms with Gasteiger partial charge in [-0.3, -0.25) is 4.79 Å². The van der Waals surface area contributed by atoms with Crippen molar-refractivity contribution in [1.82, 2.24) is 4.57 Å². The average Bonchev–Trinajstić information content (AvgIpc) is 2.89. The van der Waals surface area contributed by atoms with E-state index in [1.807, 2.05) is 18.3 Å². The van der Waals surface area contributed by atoms with Gasteiger partial charge in [0.05, 0.1) is 13.0 Å². The number of fused-ring (bicyclic) bond motifs is 1. The molecule has 4 heteroatoms. The van der Waals surface area contributed by atoms with Gasteiger partial charge in [0.15, 0.2) is 0 Å². The smallest absolute Gasteiger partial charge is 0.308 e. The molecule has 21 heavy (non-hydrogen) atoms. The van der Waals surface area contributed by atoms with Gasteiger partial charge in [-0.05, 0) is 55.9 Å². The van der Waals surface area contributed by atoms with Gasteiger partial charge in [-0.1, -0.05) is 0 Å². The first kappa shape index (κ1) is 14.1. The lowest BCUT2D eigenvalue weighted by Gasteiger charge is -2.27. The summed E-state index contributed by atoms with van der Waals surface area (Å²) in [5.74, 6) is 0.377. The zero-order valence-corrected chi connectivity index (χ0v) is 12.2. The van der Waals surface area contributed by atoms with Crippen molar-refractivity contribution in [2.45, 2.75) is 32.2 Å². The predicted molar refractivity (Wildman–Crippen MR) is 79.4 cm³/mol. The van der Waals surface area contributed by atoms with Crippen molar-refractivity contribution >= 4 is 16.9 Å². The molecule has 0 amide bonds. The zero-order valence-electron chi connectivity index (χ0n) is 12.2. The highest BCUT2D eigenvalue weighted by atomic mass is 19.1. The van der Waals surface area contributed by atoms with E-state index in [0.29, 0.717) is 5.92 Å². The summed E-state index contributed by atoms with van der Waals surface area (Å²) in [6.45, 7) is 0.934. The Labute approximate surface area is 123 Å². The number of carbonyl (C=O) groups is 1. The number of halogens is 1. The van der Waals surface area contributed by atoms with Crippen molar-refractivity contribution in [3.05, 3.63) is 36.3 Å². The van der Waals surface area contributed by atoms with Crippen LogP contribution in [0.4, 0.5) is 4.39 Å². The van der Waals surface area contributed by atoms with Crippen LogP contribution in [0.1, 0.15) is 25.7 Å². The number of nitrogens with zero attached hydrogens (tertiary/aromatic N) is 1. The third-order valence-electron chi connectivity index (χ3n) is 4.57. The molecule has 3 nitrogen and oxygen atoms in total. The van der Waals surface area contributed by atoms with Crippen LogP contribution >= 0.6 is 0 Å². The molecule has 1 heterocycles. The van der Waals surface area contributed by atoms with Crippen LogP contribution in [0.3, 0.4) is 0 Å². The molecule has 0 spiro atoms. The number of ether oxygens (including phenoxy) is 1. The van der Waals surface area contributed by atoms with Crippen LogP contribution in [0, 0.1) is 17.7 Å². The van der Waals surface area contributed by atoms with Crippen molar-refractivity contribution in [3.8, 4) is 0 Å². The molecule has 2 aromatic rings. The third kappa shape index (κ3) is 2.94. The van der Waals surface area contributed by atoms with E-state index in [0.717, 1.165) is 43.1 Å². The molecule has 1 aliphatic rings. The quantitative estimate of drug-likeness (QED) is 0.806. The SMILES string of the molecule is COC(=O)[C@H]1CC[C@H](Cn2ccc3cc(F)ccc32)CC1. The van der Waals surface area contributed by atoms with Crippen LogP contribution in [0.25, 0.3) is 10.9 Å². The fourth-order valence-corrected chi connectivity index (χ4v) is 3.36. The second-order valence-electron chi connectivity index (χ2n) is 5.91. The highest BCUT2D eigenvalue weighted by Gasteiger charge is 2.27. The average molecular weight is 289 g/mol. The monoisotopic (exact) mass is 289 g/mol. The van der Waals surface area contributed by atoms with Crippen molar-refractivity contribution in [2.24, 2.45) is 11.8 Å². The second-order valence-corrected chi connectivity index (χ2v) is 5.91. The highest BCUT2D eigenvalue weighted by molar-refractivity contribution is 5.80. The van der Waals surface area contributed by atoms with E-state index in [1.165, 1.54) is 13.2 Å². The summed E-state index contributed by atoms with van der Waals surface area (Å²) in [5, 5.41) is 0.943. The lowest BCUT2D eigenvalue weighted by Crippen LogP contribution is -2.24. The van der Waals surface area contributed by atoms with Gasteiger partial charge in [-0.15, -0.1) is 0 Å². The van der Waals surface area contributed by atoms with Crippen molar-refractivity contribution in [3.63, 3.8) is 0 Å². The summed E-state index contributed by atoms with van der Waals surface area (Å²) in [5.41, 5.74) is 1.08. The van der Waals surface area contributed by atoms with E-state index >= 15 is 0 Å². The fraction of sp³-hybridized carbons (Fsp3) is 0.471. The second kappa shape index (κ2) is 5.88. The van der Waals surface area contributed by atoms with E-state index in [4.69, 9.17) is 4.74 Å². The first-order valence-electron chi connectivity index (χ1n) is 7.49. The maximum Gasteiger partial charge on any atom is 0.308 e. The fourth-order valence-electron chi connectivity index (χ4n) is 3.36. The number of aromatic nitrogens is 1. The Kier molecular flexibility index (Phi) is 3.95. The molecular formula is C17H20FNO2. The maximum atomic E-state index is 13.2. The van der Waals surface area contributed by atoms with Gasteiger partial charge in [0.25, 0.3) is 0 Å². The number of hydrogen-bond acceptors (Lipinski definition) is 2. The Morgan fingerprint density at radius 1 is 1.29 bits per heavy atom. The van der Waals surface area contributed by atoms with Gasteiger partial charge < -0.3 is 9.30 Å². The standard InChI is InChI=1S/C17H20FNO2/c1-21-17(20)13-4-2-12(3-5-13)11-19-9-8-14-10-15(18)6-7-16(14)19/h6-10,12-13H,2-5,11H2,1H3/t12-,13-. The van der Waals surface area contributed by atoms with E-state index in [-0.39, 0.29) is 17.7 Å². The Morgan fingerprint density at radius 3 is 2.76 bits per heavy atom. The van der Waals surface area contributed by atoms with E-state index in [2.05, 4.69) is 4.57 Å². The van der Waals surface area contributed by atoms with Crippen molar-refractivity contribution < 1.29 is 13.9 Å². The lowest BCUT2D eigenvalue weighted by molar-refractivity contribution is -0.146. The summed E-state index contributed by atoms with van der Waals surface area (Å²) in [4.78, 5) is 11.5. The normalized spacial score (nSPS) is 22.4. The molecule has 0 unspecified atom stereocenters. The minimum Gasteiger partial charge on any atom is -0.469 e. The van der Waals surface area contributed by atoms with Gasteiger partial charge in [0.2, 0.25) is 0 Å². The first-order chi connectivity index (χ1) is 10.2. The number of esters is 1. The summed E-state index contributed by atoms with van der Waals surface area (Å²) < 4.78 is 20.2. The van der Waals surface area contributed by atoms with Gasteiger partial charge in [-0.2, -0.15) is 0 Å². The zero-order chi connectivity index (χ0) is 14.8. The first-order valence-corrected chi connectivity index (χ1v) is 7.49. The summed E-state index contributed by atoms with van der Waals surface area (Å²) >= 11 is 0. The number of benzene rings is 1. The number of carbonyl (C=O) groups excluding carboxylic acids is 1. The van der Waals surface area contributed by atoms with Crippen molar-refractivity contribution in [1.29, 1.82) is 0 Å². The molecule has 1 saturated carbocycles. The molecule has 0 N–H and O–H groups in total. The van der Waals surface area contributed by atoms with Gasteiger partial charge >= 0.3 is 5.97 Å². The summed E-state index contributed by atoms with van der Waals surface area (Å²) in [7, 11) is 1.46. The molecule has 3 rings (SSSR count). The minimum atomic E-state index is -0.196. The Morgan fingerprint density at radius 2 is 2.05 bits per heavy atom. The van der Waals surface area contributed by atoms with Gasteiger partial charge in [0.1, 0.15) is 5.82 Å². The van der Waals surface area contributed by atoms with Crippen LogP contribution in [0.5, 0.6) is 0 Å². The Bertz CT molecular complexity index is 641. The van der Waals surface area contributed by atoms with Crippen LogP contribution in [0.15, 0.2) is 30.5 Å². The molecule has 0 atom stereocenters. The molecule has 0 aliphatic heterocycles. The maximum absolute atomic E-state index is 13.2. The summed E-state index contributed by atoms with van der Waals surface area (Å²) in [6.07, 6.45) is 5.92. The predicted octanol–water partition coefficient (Wildman–Crippen LogP) is 3.76. The molecule has 1 aromatic carbocycles. The molecule has 0 bridgehead atoms. The van der Waals surface area contributed by atoms with Crippen molar-refractivity contribution in [2.75, 3.05) is 7.11 Å². The van der Waals surface area contributed by atoms with Crippen LogP contribution in [-0.2, 0) is 16.1 Å². The largest absolute Gasteiger partial charge is 0.469 e. The molecule has 0 radical (unpaired) electrons. The van der Waals surface area contributed by atoms with Gasteiger partial charge in [-0.25, -0.2) is 4.39 Å². The van der Waals surface area contributed by atoms with E-state index in [1.54, 1.807) is 6.07 Å². The molecule has 1 aliphatic carbocycles. The molecule has 0 saturated heterocycles. The summed E-state index contributed by atoms with van der Waals surface area (Å²) in [6, 6.07) is 6.87.